The Morgan fingerprint density at radius 2 is 2.08 bits per heavy atom. The van der Waals surface area contributed by atoms with Crippen LogP contribution >= 0.6 is 0 Å². The first-order valence-electron chi connectivity index (χ1n) is 8.88. The first-order valence-corrected chi connectivity index (χ1v) is 8.88. The Kier molecular flexibility index (Phi) is 8.93. The van der Waals surface area contributed by atoms with Gasteiger partial charge in [-0.2, -0.15) is 0 Å². The third-order valence-electron chi connectivity index (χ3n) is 3.96. The fourth-order valence-corrected chi connectivity index (χ4v) is 2.54. The second kappa shape index (κ2) is 11.5. The largest absolute Gasteiger partial charge is 0.497 e. The van der Waals surface area contributed by atoms with E-state index in [1.54, 1.807) is 7.11 Å². The van der Waals surface area contributed by atoms with Crippen molar-refractivity contribution in [1.29, 1.82) is 0 Å². The van der Waals surface area contributed by atoms with Gasteiger partial charge in [-0.25, -0.2) is 0 Å². The van der Waals surface area contributed by atoms with Crippen molar-refractivity contribution in [3.8, 4) is 11.5 Å². The Balaban J connectivity index is 1.50. The molecule has 0 aliphatic carbocycles. The van der Waals surface area contributed by atoms with Crippen molar-refractivity contribution < 1.29 is 14.2 Å². The number of benzene rings is 1. The molecule has 0 radical (unpaired) electrons. The molecule has 2 rings (SSSR count). The number of nitrogens with zero attached hydrogens (tertiary/aromatic N) is 2. The molecular weight excluding hydrogens is 320 g/mol. The zero-order chi connectivity index (χ0) is 17.7. The van der Waals surface area contributed by atoms with Gasteiger partial charge in [-0.3, -0.25) is 9.89 Å². The van der Waals surface area contributed by atoms with Gasteiger partial charge >= 0.3 is 0 Å². The van der Waals surface area contributed by atoms with Crippen molar-refractivity contribution in [2.24, 2.45) is 10.7 Å². The molecule has 1 heterocycles. The lowest BCUT2D eigenvalue weighted by Gasteiger charge is -2.26. The molecule has 1 aromatic rings. The summed E-state index contributed by atoms with van der Waals surface area (Å²) in [5.74, 6) is 2.10. The van der Waals surface area contributed by atoms with Crippen LogP contribution in [0.3, 0.4) is 0 Å². The molecule has 0 spiro atoms. The molecule has 0 atom stereocenters. The van der Waals surface area contributed by atoms with Crippen molar-refractivity contribution >= 4 is 5.96 Å². The summed E-state index contributed by atoms with van der Waals surface area (Å²) in [5, 5.41) is 3.16. The van der Waals surface area contributed by atoms with Crippen LogP contribution in [0.5, 0.6) is 11.5 Å². The molecule has 0 amide bonds. The molecule has 1 aliphatic heterocycles. The topological polar surface area (TPSA) is 81.3 Å². The van der Waals surface area contributed by atoms with Crippen molar-refractivity contribution in [1.82, 2.24) is 10.2 Å². The second-order valence-corrected chi connectivity index (χ2v) is 5.88. The van der Waals surface area contributed by atoms with E-state index >= 15 is 0 Å². The fourth-order valence-electron chi connectivity index (χ4n) is 2.54. The molecule has 140 valence electrons. The van der Waals surface area contributed by atoms with Crippen LogP contribution in [0.1, 0.15) is 12.8 Å². The summed E-state index contributed by atoms with van der Waals surface area (Å²) >= 11 is 0. The number of hydrogen-bond donors (Lipinski definition) is 2. The second-order valence-electron chi connectivity index (χ2n) is 5.88. The summed E-state index contributed by atoms with van der Waals surface area (Å²) in [6.07, 6.45) is 1.86. The summed E-state index contributed by atoms with van der Waals surface area (Å²) in [4.78, 5) is 6.73. The number of methoxy groups -OCH3 is 1. The molecule has 1 saturated heterocycles. The molecular formula is C18H30N4O3. The minimum atomic E-state index is 0.503. The number of hydrogen-bond acceptors (Lipinski definition) is 5. The summed E-state index contributed by atoms with van der Waals surface area (Å²) in [6, 6.07) is 7.58. The maximum atomic E-state index is 5.87. The van der Waals surface area contributed by atoms with E-state index in [2.05, 4.69) is 15.2 Å². The third kappa shape index (κ3) is 8.09. The molecule has 0 unspecified atom stereocenters. The SMILES string of the molecule is COc1cccc(OCCCN=C(N)NCCCN2CCOCC2)c1. The van der Waals surface area contributed by atoms with Crippen molar-refractivity contribution in [2.45, 2.75) is 12.8 Å². The van der Waals surface area contributed by atoms with Gasteiger partial charge in [0.25, 0.3) is 0 Å². The Labute approximate surface area is 150 Å². The zero-order valence-electron chi connectivity index (χ0n) is 15.1. The number of rotatable bonds is 10. The van der Waals surface area contributed by atoms with Crippen molar-refractivity contribution in [2.75, 3.05) is 59.7 Å². The van der Waals surface area contributed by atoms with Gasteiger partial charge in [-0.15, -0.1) is 0 Å². The molecule has 25 heavy (non-hydrogen) atoms. The quantitative estimate of drug-likeness (QED) is 0.373. The van der Waals surface area contributed by atoms with Crippen LogP contribution in [-0.4, -0.2) is 70.5 Å². The van der Waals surface area contributed by atoms with Crippen LogP contribution in [0.25, 0.3) is 0 Å². The lowest BCUT2D eigenvalue weighted by atomic mass is 10.3. The molecule has 1 fully saturated rings. The maximum absolute atomic E-state index is 5.87. The van der Waals surface area contributed by atoms with Gasteiger partial charge in [-0.05, 0) is 25.1 Å². The van der Waals surface area contributed by atoms with Gasteiger partial charge in [0, 0.05) is 38.7 Å². The monoisotopic (exact) mass is 350 g/mol. The molecule has 0 bridgehead atoms. The van der Waals surface area contributed by atoms with Gasteiger partial charge in [0.05, 0.1) is 26.9 Å². The van der Waals surface area contributed by atoms with Crippen LogP contribution in [0.15, 0.2) is 29.3 Å². The van der Waals surface area contributed by atoms with Crippen LogP contribution in [0, 0.1) is 0 Å². The van der Waals surface area contributed by atoms with E-state index in [1.165, 1.54) is 0 Å². The number of guanidine groups is 1. The molecule has 7 heteroatoms. The first kappa shape index (κ1) is 19.3. The van der Waals surface area contributed by atoms with E-state index in [9.17, 15) is 0 Å². The third-order valence-corrected chi connectivity index (χ3v) is 3.96. The molecule has 0 saturated carbocycles. The van der Waals surface area contributed by atoms with E-state index in [0.29, 0.717) is 19.1 Å². The van der Waals surface area contributed by atoms with Gasteiger partial charge < -0.3 is 25.3 Å². The highest BCUT2D eigenvalue weighted by molar-refractivity contribution is 5.77. The number of nitrogens with one attached hydrogen (secondary N) is 1. The van der Waals surface area contributed by atoms with Gasteiger partial charge in [0.1, 0.15) is 11.5 Å². The van der Waals surface area contributed by atoms with Crippen LogP contribution in [0.2, 0.25) is 0 Å². The summed E-state index contributed by atoms with van der Waals surface area (Å²) in [7, 11) is 1.64. The maximum Gasteiger partial charge on any atom is 0.188 e. The smallest absolute Gasteiger partial charge is 0.188 e. The number of aliphatic imine (C=N–C) groups is 1. The van der Waals surface area contributed by atoms with E-state index in [0.717, 1.165) is 63.7 Å². The average molecular weight is 350 g/mol. The first-order chi connectivity index (χ1) is 12.3. The predicted octanol–water partition coefficient (Wildman–Crippen LogP) is 1.09. The lowest BCUT2D eigenvalue weighted by Crippen LogP contribution is -2.39. The highest BCUT2D eigenvalue weighted by Crippen LogP contribution is 2.18. The molecule has 7 nitrogen and oxygen atoms in total. The van der Waals surface area contributed by atoms with Gasteiger partial charge in [0.2, 0.25) is 0 Å². The van der Waals surface area contributed by atoms with E-state index in [4.69, 9.17) is 19.9 Å². The Morgan fingerprint density at radius 3 is 2.88 bits per heavy atom. The Bertz CT molecular complexity index is 519. The van der Waals surface area contributed by atoms with Crippen molar-refractivity contribution in [3.63, 3.8) is 0 Å². The van der Waals surface area contributed by atoms with Crippen LogP contribution in [-0.2, 0) is 4.74 Å². The zero-order valence-corrected chi connectivity index (χ0v) is 15.1. The van der Waals surface area contributed by atoms with E-state index in [1.807, 2.05) is 24.3 Å². The highest BCUT2D eigenvalue weighted by Gasteiger charge is 2.08. The lowest BCUT2D eigenvalue weighted by molar-refractivity contribution is 0.0376. The van der Waals surface area contributed by atoms with Gasteiger partial charge in [0.15, 0.2) is 5.96 Å². The highest BCUT2D eigenvalue weighted by atomic mass is 16.5. The molecule has 3 N–H and O–H groups in total. The molecule has 1 aromatic carbocycles. The predicted molar refractivity (Wildman–Crippen MR) is 99.5 cm³/mol. The average Bonchev–Trinajstić information content (AvgIpc) is 2.66. The summed E-state index contributed by atoms with van der Waals surface area (Å²) < 4.78 is 16.2. The standard InChI is InChI=1S/C18H30N4O3/c1-23-16-5-2-6-17(15-16)25-12-4-8-21-18(19)20-7-3-9-22-10-13-24-14-11-22/h2,5-6,15H,3-4,7-14H2,1H3,(H3,19,20,21). The van der Waals surface area contributed by atoms with Gasteiger partial charge in [-0.1, -0.05) is 6.07 Å². The van der Waals surface area contributed by atoms with E-state index in [-0.39, 0.29) is 0 Å². The number of morpholine rings is 1. The van der Waals surface area contributed by atoms with Crippen LogP contribution < -0.4 is 20.5 Å². The normalized spacial score (nSPS) is 15.8. The minimum Gasteiger partial charge on any atom is -0.497 e. The molecule has 1 aliphatic rings. The summed E-state index contributed by atoms with van der Waals surface area (Å²) in [6.45, 7) is 6.88. The Morgan fingerprint density at radius 1 is 1.28 bits per heavy atom. The van der Waals surface area contributed by atoms with Crippen LogP contribution in [0.4, 0.5) is 0 Å². The van der Waals surface area contributed by atoms with E-state index < -0.39 is 0 Å². The number of ether oxygens (including phenoxy) is 3. The number of nitrogens with two attached hydrogens (primary N) is 1. The summed E-state index contributed by atoms with van der Waals surface area (Å²) in [5.41, 5.74) is 5.87. The molecule has 0 aromatic heterocycles. The fraction of sp³-hybridized carbons (Fsp3) is 0.611. The minimum absolute atomic E-state index is 0.503. The Hall–Kier alpha value is -1.99. The van der Waals surface area contributed by atoms with Crippen molar-refractivity contribution in [3.05, 3.63) is 24.3 Å².